The van der Waals surface area contributed by atoms with E-state index in [4.69, 9.17) is 16.1 Å². The molecule has 144 valence electrons. The first-order chi connectivity index (χ1) is 13.3. The second kappa shape index (κ2) is 6.94. The third kappa shape index (κ3) is 3.60. The molecule has 0 spiro atoms. The minimum atomic E-state index is -4.49. The molecule has 28 heavy (non-hydrogen) atoms. The number of hydrogen-bond donors (Lipinski definition) is 0. The van der Waals surface area contributed by atoms with Crippen molar-refractivity contribution < 1.29 is 22.5 Å². The van der Waals surface area contributed by atoms with Gasteiger partial charge >= 0.3 is 6.18 Å². The van der Waals surface area contributed by atoms with Gasteiger partial charge in [-0.25, -0.2) is 0 Å². The number of alkyl halides is 3. The highest BCUT2D eigenvalue weighted by Gasteiger charge is 2.37. The van der Waals surface area contributed by atoms with Crippen LogP contribution in [0.4, 0.5) is 13.2 Å². The Kier molecular flexibility index (Phi) is 4.58. The zero-order valence-electron chi connectivity index (χ0n) is 14.3. The van der Waals surface area contributed by atoms with Gasteiger partial charge in [0.1, 0.15) is 0 Å². The molecule has 1 aliphatic heterocycles. The fourth-order valence-corrected chi connectivity index (χ4v) is 3.15. The molecule has 9 heteroatoms. The van der Waals surface area contributed by atoms with Crippen LogP contribution in [0.3, 0.4) is 0 Å². The molecule has 2 heterocycles. The van der Waals surface area contributed by atoms with Crippen LogP contribution in [0.25, 0.3) is 11.4 Å². The number of hydrogen-bond acceptors (Lipinski definition) is 4. The van der Waals surface area contributed by atoms with Gasteiger partial charge in [-0.05, 0) is 30.3 Å². The number of amides is 1. The molecular formula is C19H13ClF3N3O2. The monoisotopic (exact) mass is 407 g/mol. The number of aromatic nitrogens is 2. The molecular weight excluding hydrogens is 395 g/mol. The highest BCUT2D eigenvalue weighted by atomic mass is 35.5. The number of carbonyl (C=O) groups excluding carboxylic acids is 1. The van der Waals surface area contributed by atoms with Gasteiger partial charge in [0.25, 0.3) is 5.91 Å². The lowest BCUT2D eigenvalue weighted by Crippen LogP contribution is -2.48. The summed E-state index contributed by atoms with van der Waals surface area (Å²) >= 11 is 5.95. The van der Waals surface area contributed by atoms with E-state index >= 15 is 0 Å². The number of nitrogens with zero attached hydrogens (tertiary/aromatic N) is 3. The van der Waals surface area contributed by atoms with Crippen molar-refractivity contribution >= 4 is 17.5 Å². The number of likely N-dealkylation sites (tertiary alicyclic amines) is 1. The van der Waals surface area contributed by atoms with Crippen molar-refractivity contribution in [3.63, 3.8) is 0 Å². The van der Waals surface area contributed by atoms with Crippen molar-refractivity contribution in [3.8, 4) is 11.4 Å². The standard InChI is InChI=1S/C19H13ClF3N3O2/c20-15-6-2-3-11(8-15)16-24-17(28-25-16)13-9-26(10-13)18(27)12-4-1-5-14(7-12)19(21,22)23/h1-8,13H,9-10H2. The average molecular weight is 408 g/mol. The topological polar surface area (TPSA) is 59.2 Å². The lowest BCUT2D eigenvalue weighted by Gasteiger charge is -2.37. The van der Waals surface area contributed by atoms with Crippen molar-refractivity contribution in [2.24, 2.45) is 0 Å². The molecule has 0 bridgehead atoms. The quantitative estimate of drug-likeness (QED) is 0.634. The van der Waals surface area contributed by atoms with E-state index in [-0.39, 0.29) is 11.5 Å². The Morgan fingerprint density at radius 2 is 1.89 bits per heavy atom. The predicted molar refractivity (Wildman–Crippen MR) is 94.8 cm³/mol. The van der Waals surface area contributed by atoms with Crippen LogP contribution in [0, 0.1) is 0 Å². The summed E-state index contributed by atoms with van der Waals surface area (Å²) in [6.45, 7) is 0.596. The summed E-state index contributed by atoms with van der Waals surface area (Å²) in [6, 6.07) is 11.4. The summed E-state index contributed by atoms with van der Waals surface area (Å²) in [5.41, 5.74) is -0.143. The summed E-state index contributed by atoms with van der Waals surface area (Å²) < 4.78 is 43.7. The maximum Gasteiger partial charge on any atom is 0.416 e. The summed E-state index contributed by atoms with van der Waals surface area (Å²) in [6.07, 6.45) is -4.49. The van der Waals surface area contributed by atoms with Gasteiger partial charge in [0, 0.05) is 29.2 Å². The van der Waals surface area contributed by atoms with Gasteiger partial charge in [-0.2, -0.15) is 18.2 Å². The Hall–Kier alpha value is -2.87. The zero-order chi connectivity index (χ0) is 19.9. The van der Waals surface area contributed by atoms with E-state index in [0.717, 1.165) is 12.1 Å². The highest BCUT2D eigenvalue weighted by molar-refractivity contribution is 6.30. The van der Waals surface area contributed by atoms with E-state index in [9.17, 15) is 18.0 Å². The Labute approximate surface area is 162 Å². The highest BCUT2D eigenvalue weighted by Crippen LogP contribution is 2.32. The maximum absolute atomic E-state index is 12.8. The van der Waals surface area contributed by atoms with Crippen LogP contribution in [0.1, 0.15) is 27.7 Å². The lowest BCUT2D eigenvalue weighted by molar-refractivity contribution is -0.137. The van der Waals surface area contributed by atoms with Crippen LogP contribution < -0.4 is 0 Å². The number of carbonyl (C=O) groups is 1. The molecule has 0 atom stereocenters. The van der Waals surface area contributed by atoms with E-state index in [0.29, 0.717) is 35.4 Å². The second-order valence-electron chi connectivity index (χ2n) is 6.45. The van der Waals surface area contributed by atoms with Crippen molar-refractivity contribution in [2.45, 2.75) is 12.1 Å². The molecule has 0 unspecified atom stereocenters. The lowest BCUT2D eigenvalue weighted by atomic mass is 9.98. The Balaban J connectivity index is 1.43. The van der Waals surface area contributed by atoms with E-state index in [1.54, 1.807) is 24.3 Å². The molecule has 5 nitrogen and oxygen atoms in total. The minimum Gasteiger partial charge on any atom is -0.339 e. The van der Waals surface area contributed by atoms with Gasteiger partial charge in [0.05, 0.1) is 11.5 Å². The molecule has 0 aliphatic carbocycles. The zero-order valence-corrected chi connectivity index (χ0v) is 15.0. The van der Waals surface area contributed by atoms with Crippen molar-refractivity contribution in [3.05, 3.63) is 70.6 Å². The maximum atomic E-state index is 12.8. The van der Waals surface area contributed by atoms with Gasteiger partial charge in [0.2, 0.25) is 11.7 Å². The van der Waals surface area contributed by atoms with E-state index < -0.39 is 17.6 Å². The first kappa shape index (κ1) is 18.5. The number of halogens is 4. The first-order valence-electron chi connectivity index (χ1n) is 8.37. The SMILES string of the molecule is O=C(c1cccc(C(F)(F)F)c1)N1CC(c2nc(-c3cccc(Cl)c3)no2)C1. The molecule has 1 aromatic heterocycles. The van der Waals surface area contributed by atoms with Gasteiger partial charge in [-0.15, -0.1) is 0 Å². The molecule has 3 aromatic rings. The van der Waals surface area contributed by atoms with Crippen LogP contribution >= 0.6 is 11.6 Å². The minimum absolute atomic E-state index is 0.00146. The summed E-state index contributed by atoms with van der Waals surface area (Å²) in [4.78, 5) is 18.2. The van der Waals surface area contributed by atoms with Gasteiger partial charge in [0.15, 0.2) is 0 Å². The van der Waals surface area contributed by atoms with Crippen LogP contribution in [-0.4, -0.2) is 34.0 Å². The first-order valence-corrected chi connectivity index (χ1v) is 8.75. The Bertz CT molecular complexity index is 1030. The van der Waals surface area contributed by atoms with Crippen molar-refractivity contribution in [1.82, 2.24) is 15.0 Å². The molecule has 0 saturated carbocycles. The smallest absolute Gasteiger partial charge is 0.339 e. The largest absolute Gasteiger partial charge is 0.416 e. The fourth-order valence-electron chi connectivity index (χ4n) is 2.96. The normalized spacial score (nSPS) is 14.8. The third-order valence-electron chi connectivity index (χ3n) is 4.48. The average Bonchev–Trinajstić information content (AvgIpc) is 3.09. The van der Waals surface area contributed by atoms with E-state index in [1.807, 2.05) is 0 Å². The van der Waals surface area contributed by atoms with Crippen LogP contribution in [-0.2, 0) is 6.18 Å². The molecule has 1 fully saturated rings. The molecule has 1 amide bonds. The van der Waals surface area contributed by atoms with Crippen LogP contribution in [0.5, 0.6) is 0 Å². The van der Waals surface area contributed by atoms with Crippen molar-refractivity contribution in [2.75, 3.05) is 13.1 Å². The van der Waals surface area contributed by atoms with Crippen LogP contribution in [0.2, 0.25) is 5.02 Å². The molecule has 1 saturated heterocycles. The van der Waals surface area contributed by atoms with Crippen molar-refractivity contribution in [1.29, 1.82) is 0 Å². The summed E-state index contributed by atoms with van der Waals surface area (Å²) in [7, 11) is 0. The van der Waals surface area contributed by atoms with Gasteiger partial charge in [-0.1, -0.05) is 35.0 Å². The van der Waals surface area contributed by atoms with Gasteiger partial charge < -0.3 is 9.42 Å². The van der Waals surface area contributed by atoms with E-state index in [2.05, 4.69) is 10.1 Å². The summed E-state index contributed by atoms with van der Waals surface area (Å²) in [5.74, 6) is 0.148. The van der Waals surface area contributed by atoms with E-state index in [1.165, 1.54) is 17.0 Å². The Morgan fingerprint density at radius 3 is 2.61 bits per heavy atom. The van der Waals surface area contributed by atoms with Crippen LogP contribution in [0.15, 0.2) is 53.1 Å². The molecule has 0 radical (unpaired) electrons. The third-order valence-corrected chi connectivity index (χ3v) is 4.71. The summed E-state index contributed by atoms with van der Waals surface area (Å²) in [5, 5.41) is 4.47. The fraction of sp³-hybridized carbons (Fsp3) is 0.211. The predicted octanol–water partition coefficient (Wildman–Crippen LogP) is 4.65. The Morgan fingerprint density at radius 1 is 1.14 bits per heavy atom. The molecule has 2 aromatic carbocycles. The van der Waals surface area contributed by atoms with Gasteiger partial charge in [-0.3, -0.25) is 4.79 Å². The number of benzene rings is 2. The molecule has 1 aliphatic rings. The molecule has 0 N–H and O–H groups in total. The number of rotatable bonds is 3. The second-order valence-corrected chi connectivity index (χ2v) is 6.89. The molecule has 4 rings (SSSR count).